The van der Waals surface area contributed by atoms with Gasteiger partial charge in [0, 0.05) is 6.10 Å². The van der Waals surface area contributed by atoms with Gasteiger partial charge in [0.2, 0.25) is 0 Å². The smallest absolute Gasteiger partial charge is 0.192 e. The van der Waals surface area contributed by atoms with Crippen LogP contribution in [-0.2, 0) is 4.43 Å². The molecule has 0 aromatic carbocycles. The molecule has 0 spiro atoms. The largest absolute Gasteiger partial charge is 0.414 e. The summed E-state index contributed by atoms with van der Waals surface area (Å²) in [5.41, 5.74) is 1.18. The van der Waals surface area contributed by atoms with Crippen molar-refractivity contribution in [1.82, 2.24) is 0 Å². The maximum Gasteiger partial charge on any atom is 0.192 e. The van der Waals surface area contributed by atoms with Gasteiger partial charge in [-0.05, 0) is 116 Å². The van der Waals surface area contributed by atoms with Gasteiger partial charge in [-0.2, -0.15) is 0 Å². The summed E-state index contributed by atoms with van der Waals surface area (Å²) in [6.07, 6.45) is 13.7. The SMILES string of the molecule is C=C1CC[C@@H](O[Si](C)(C)C(C)(C)C)C/C1=C/[C@@H](O)[C@@]1(O)CCC[C@]2(C)[C@@H]([C@H](C)/C=C/[C@H](C)C(C)C)CC[C@H]21. The predicted molar refractivity (Wildman–Crippen MR) is 165 cm³/mol. The van der Waals surface area contributed by atoms with E-state index in [0.717, 1.165) is 56.1 Å². The van der Waals surface area contributed by atoms with Gasteiger partial charge in [0.05, 0.1) is 5.60 Å². The fourth-order valence-corrected chi connectivity index (χ4v) is 8.89. The highest BCUT2D eigenvalue weighted by molar-refractivity contribution is 6.74. The van der Waals surface area contributed by atoms with E-state index < -0.39 is 20.0 Å². The monoisotopic (exact) mass is 544 g/mol. The molecule has 0 aliphatic heterocycles. The summed E-state index contributed by atoms with van der Waals surface area (Å²) in [5, 5.41) is 24.0. The van der Waals surface area contributed by atoms with Gasteiger partial charge < -0.3 is 14.6 Å². The summed E-state index contributed by atoms with van der Waals surface area (Å²) >= 11 is 0. The molecule has 0 amide bonds. The molecule has 3 fully saturated rings. The minimum absolute atomic E-state index is 0.0505. The summed E-state index contributed by atoms with van der Waals surface area (Å²) in [6.45, 7) is 27.5. The number of rotatable bonds is 8. The van der Waals surface area contributed by atoms with E-state index in [1.165, 1.54) is 0 Å². The van der Waals surface area contributed by atoms with Crippen molar-refractivity contribution in [2.45, 2.75) is 143 Å². The normalized spacial score (nSPS) is 36.6. The molecule has 0 bridgehead atoms. The molecule has 2 N–H and O–H groups in total. The van der Waals surface area contributed by atoms with Crippen LogP contribution in [0.4, 0.5) is 0 Å². The molecule has 3 nitrogen and oxygen atoms in total. The third-order valence-corrected chi connectivity index (χ3v) is 16.1. The van der Waals surface area contributed by atoms with Crippen molar-refractivity contribution in [3.8, 4) is 0 Å². The predicted octanol–water partition coefficient (Wildman–Crippen LogP) is 8.84. The second kappa shape index (κ2) is 11.7. The van der Waals surface area contributed by atoms with Crippen molar-refractivity contribution >= 4 is 8.32 Å². The van der Waals surface area contributed by atoms with E-state index in [-0.39, 0.29) is 22.5 Å². The van der Waals surface area contributed by atoms with Crippen molar-refractivity contribution in [3.63, 3.8) is 0 Å². The van der Waals surface area contributed by atoms with Crippen LogP contribution in [0.3, 0.4) is 0 Å². The molecule has 3 saturated carbocycles. The summed E-state index contributed by atoms with van der Waals surface area (Å²) < 4.78 is 6.76. The van der Waals surface area contributed by atoms with Crippen LogP contribution in [-0.4, -0.2) is 36.3 Å². The first-order valence-electron chi connectivity index (χ1n) is 15.6. The van der Waals surface area contributed by atoms with Crippen LogP contribution in [0, 0.1) is 35.0 Å². The number of hydrogen-bond donors (Lipinski definition) is 2. The maximum absolute atomic E-state index is 12.2. The van der Waals surface area contributed by atoms with Crippen LogP contribution >= 0.6 is 0 Å². The van der Waals surface area contributed by atoms with Gasteiger partial charge in [0.1, 0.15) is 6.10 Å². The molecule has 38 heavy (non-hydrogen) atoms. The molecular weight excluding hydrogens is 484 g/mol. The molecule has 4 heteroatoms. The van der Waals surface area contributed by atoms with Gasteiger partial charge in [0.15, 0.2) is 8.32 Å². The lowest BCUT2D eigenvalue weighted by molar-refractivity contribution is -0.155. The molecule has 3 aliphatic carbocycles. The number of allylic oxidation sites excluding steroid dienone is 3. The van der Waals surface area contributed by atoms with E-state index >= 15 is 0 Å². The van der Waals surface area contributed by atoms with Crippen molar-refractivity contribution in [2.75, 3.05) is 0 Å². The van der Waals surface area contributed by atoms with E-state index in [0.29, 0.717) is 30.1 Å². The zero-order valence-corrected chi connectivity index (χ0v) is 27.4. The average Bonchev–Trinajstić information content (AvgIpc) is 3.16. The third-order valence-electron chi connectivity index (χ3n) is 11.5. The van der Waals surface area contributed by atoms with Crippen molar-refractivity contribution in [1.29, 1.82) is 0 Å². The maximum atomic E-state index is 12.2. The molecule has 0 heterocycles. The number of aliphatic hydroxyl groups excluding tert-OH is 1. The van der Waals surface area contributed by atoms with Crippen LogP contribution in [0.25, 0.3) is 0 Å². The molecule has 0 aromatic heterocycles. The van der Waals surface area contributed by atoms with Gasteiger partial charge in [0.25, 0.3) is 0 Å². The first-order valence-corrected chi connectivity index (χ1v) is 18.5. The molecular formula is C34H60O3Si. The fourth-order valence-electron chi connectivity index (χ4n) is 7.50. The lowest BCUT2D eigenvalue weighted by Crippen LogP contribution is -2.56. The molecule has 3 aliphatic rings. The van der Waals surface area contributed by atoms with E-state index in [1.54, 1.807) is 0 Å². The Balaban J connectivity index is 1.78. The van der Waals surface area contributed by atoms with Gasteiger partial charge in [-0.3, -0.25) is 0 Å². The van der Waals surface area contributed by atoms with E-state index in [9.17, 15) is 10.2 Å². The van der Waals surface area contributed by atoms with Gasteiger partial charge in [-0.1, -0.05) is 79.7 Å². The van der Waals surface area contributed by atoms with Crippen LogP contribution in [0.15, 0.2) is 36.0 Å². The van der Waals surface area contributed by atoms with E-state index in [2.05, 4.69) is 87.2 Å². The second-order valence-electron chi connectivity index (χ2n) is 15.4. The first kappa shape index (κ1) is 31.8. The first-order chi connectivity index (χ1) is 17.4. The minimum atomic E-state index is -1.87. The molecule has 8 atom stereocenters. The van der Waals surface area contributed by atoms with Crippen LogP contribution in [0.2, 0.25) is 18.1 Å². The standard InChI is InChI=1S/C34H60O3Si/c1-23(2)24(3)13-14-26(5)29-17-18-30-33(29,9)19-12-20-34(30,36)31(35)22-27-21-28(16-15-25(27)4)37-38(10,11)32(6,7)8/h13-14,22-24,26,28-31,35-36H,4,12,15-21H2,1-3,5-11H3/b14-13+,27-22-/t24-,26+,28+,29+,30+,31+,33+,34+/m0/s1. The van der Waals surface area contributed by atoms with Gasteiger partial charge >= 0.3 is 0 Å². The Labute approximate surface area is 236 Å². The third kappa shape index (κ3) is 6.45. The Morgan fingerprint density at radius 1 is 1.05 bits per heavy atom. The molecule has 3 rings (SSSR count). The molecule has 218 valence electrons. The van der Waals surface area contributed by atoms with Crippen molar-refractivity contribution in [2.24, 2.45) is 35.0 Å². The highest BCUT2D eigenvalue weighted by Crippen LogP contribution is 2.61. The van der Waals surface area contributed by atoms with Crippen LogP contribution < -0.4 is 0 Å². The average molecular weight is 545 g/mol. The highest BCUT2D eigenvalue weighted by atomic mass is 28.4. The van der Waals surface area contributed by atoms with Crippen molar-refractivity contribution in [3.05, 3.63) is 36.0 Å². The minimum Gasteiger partial charge on any atom is -0.414 e. The van der Waals surface area contributed by atoms with Gasteiger partial charge in [-0.25, -0.2) is 0 Å². The Bertz CT molecular complexity index is 896. The molecule has 0 unspecified atom stereocenters. The quantitative estimate of drug-likeness (QED) is 0.237. The number of aliphatic hydroxyl groups is 2. The van der Waals surface area contributed by atoms with Gasteiger partial charge in [-0.15, -0.1) is 0 Å². The lowest BCUT2D eigenvalue weighted by atomic mass is 9.56. The van der Waals surface area contributed by atoms with Crippen LogP contribution in [0.1, 0.15) is 107 Å². The Morgan fingerprint density at radius 2 is 1.71 bits per heavy atom. The summed E-state index contributed by atoms with van der Waals surface area (Å²) in [7, 11) is -1.87. The molecule has 0 radical (unpaired) electrons. The zero-order valence-electron chi connectivity index (χ0n) is 26.4. The van der Waals surface area contributed by atoms with Crippen molar-refractivity contribution < 1.29 is 14.6 Å². The summed E-state index contributed by atoms with van der Waals surface area (Å²) in [4.78, 5) is 0. The van der Waals surface area contributed by atoms with E-state index in [4.69, 9.17) is 4.43 Å². The second-order valence-corrected chi connectivity index (χ2v) is 20.2. The Kier molecular flexibility index (Phi) is 9.77. The number of fused-ring (bicyclic) bond motifs is 1. The number of hydrogen-bond acceptors (Lipinski definition) is 3. The summed E-state index contributed by atoms with van der Waals surface area (Å²) in [5.74, 6) is 2.37. The molecule has 0 aromatic rings. The fraction of sp³-hybridized carbons (Fsp3) is 0.824. The van der Waals surface area contributed by atoms with E-state index in [1.807, 2.05) is 6.08 Å². The Morgan fingerprint density at radius 3 is 2.32 bits per heavy atom. The lowest BCUT2D eigenvalue weighted by Gasteiger charge is -2.52. The topological polar surface area (TPSA) is 49.7 Å². The molecule has 0 saturated heterocycles. The highest BCUT2D eigenvalue weighted by Gasteiger charge is 2.59. The van der Waals surface area contributed by atoms with Crippen LogP contribution in [0.5, 0.6) is 0 Å². The Hall–Kier alpha value is -0.683. The zero-order chi connectivity index (χ0) is 28.7. The summed E-state index contributed by atoms with van der Waals surface area (Å²) in [6, 6.07) is 0.